The van der Waals surface area contributed by atoms with Crippen LogP contribution in [0.4, 0.5) is 5.95 Å². The van der Waals surface area contributed by atoms with Gasteiger partial charge in [-0.25, -0.2) is 9.97 Å². The molecule has 0 amide bonds. The molecule has 3 aromatic rings. The molecule has 27 heavy (non-hydrogen) atoms. The topological polar surface area (TPSA) is 72.0 Å². The van der Waals surface area contributed by atoms with Crippen molar-refractivity contribution in [1.29, 1.82) is 0 Å². The Hall–Kier alpha value is -2.67. The first-order chi connectivity index (χ1) is 13.2. The minimum Gasteiger partial charge on any atom is -0.466 e. The van der Waals surface area contributed by atoms with Crippen LogP contribution in [-0.2, 0) is 19.6 Å². The average Bonchev–Trinajstić information content (AvgIpc) is 3.30. The van der Waals surface area contributed by atoms with Crippen molar-refractivity contribution in [2.45, 2.75) is 45.8 Å². The van der Waals surface area contributed by atoms with Crippen LogP contribution in [0.3, 0.4) is 0 Å². The van der Waals surface area contributed by atoms with Crippen molar-refractivity contribution in [3.63, 3.8) is 0 Å². The fourth-order valence-electron chi connectivity index (χ4n) is 3.45. The molecule has 3 aromatic heterocycles. The van der Waals surface area contributed by atoms with Crippen LogP contribution in [-0.4, -0.2) is 37.7 Å². The van der Waals surface area contributed by atoms with Crippen molar-refractivity contribution in [3.05, 3.63) is 59.6 Å². The highest BCUT2D eigenvalue weighted by Gasteiger charge is 2.19. The van der Waals surface area contributed by atoms with Crippen LogP contribution < -0.4 is 5.32 Å². The lowest BCUT2D eigenvalue weighted by Gasteiger charge is -2.28. The Morgan fingerprint density at radius 1 is 1.22 bits per heavy atom. The van der Waals surface area contributed by atoms with Gasteiger partial charge in [-0.2, -0.15) is 5.10 Å². The maximum absolute atomic E-state index is 5.76. The molecule has 7 nitrogen and oxygen atoms in total. The van der Waals surface area contributed by atoms with Crippen LogP contribution in [0.1, 0.15) is 42.2 Å². The highest BCUT2D eigenvalue weighted by Crippen LogP contribution is 2.23. The van der Waals surface area contributed by atoms with E-state index in [1.54, 1.807) is 12.4 Å². The summed E-state index contributed by atoms with van der Waals surface area (Å²) in [6.07, 6.45) is 4.56. The molecule has 0 fully saturated rings. The van der Waals surface area contributed by atoms with Gasteiger partial charge in [-0.15, -0.1) is 0 Å². The van der Waals surface area contributed by atoms with Gasteiger partial charge < -0.3 is 9.73 Å². The number of fused-ring (bicyclic) bond motifs is 1. The molecule has 4 heterocycles. The number of aromatic nitrogens is 4. The van der Waals surface area contributed by atoms with E-state index < -0.39 is 0 Å². The van der Waals surface area contributed by atoms with Gasteiger partial charge in [0.05, 0.1) is 24.5 Å². The summed E-state index contributed by atoms with van der Waals surface area (Å²) in [6, 6.07) is 8.13. The number of hydrogen-bond donors (Lipinski definition) is 1. The van der Waals surface area contributed by atoms with E-state index in [2.05, 4.69) is 43.9 Å². The summed E-state index contributed by atoms with van der Waals surface area (Å²) < 4.78 is 7.88. The quantitative estimate of drug-likeness (QED) is 0.692. The summed E-state index contributed by atoms with van der Waals surface area (Å²) in [6.45, 7) is 8.86. The van der Waals surface area contributed by atoms with E-state index in [0.29, 0.717) is 18.4 Å². The largest absolute Gasteiger partial charge is 0.466 e. The molecule has 0 spiro atoms. The van der Waals surface area contributed by atoms with E-state index >= 15 is 0 Å². The number of nitrogens with zero attached hydrogens (tertiary/aromatic N) is 5. The van der Waals surface area contributed by atoms with Crippen molar-refractivity contribution in [3.8, 4) is 0 Å². The molecular formula is C20H26N6O. The van der Waals surface area contributed by atoms with E-state index in [1.807, 2.05) is 19.1 Å². The molecule has 0 saturated heterocycles. The van der Waals surface area contributed by atoms with E-state index in [9.17, 15) is 0 Å². The summed E-state index contributed by atoms with van der Waals surface area (Å²) in [4.78, 5) is 10.9. The van der Waals surface area contributed by atoms with Crippen molar-refractivity contribution < 1.29 is 4.42 Å². The van der Waals surface area contributed by atoms with E-state index in [1.165, 1.54) is 5.69 Å². The predicted molar refractivity (Wildman–Crippen MR) is 103 cm³/mol. The van der Waals surface area contributed by atoms with Gasteiger partial charge in [-0.1, -0.05) is 6.92 Å². The molecule has 1 N–H and O–H groups in total. The van der Waals surface area contributed by atoms with Gasteiger partial charge in [0.25, 0.3) is 0 Å². The minimum atomic E-state index is 0.441. The van der Waals surface area contributed by atoms with Crippen LogP contribution in [0.5, 0.6) is 0 Å². The number of aryl methyl sites for hydroxylation is 1. The first-order valence-electron chi connectivity index (χ1n) is 9.52. The number of nitrogens with one attached hydrogen (secondary N) is 1. The van der Waals surface area contributed by atoms with Gasteiger partial charge in [-0.3, -0.25) is 9.58 Å². The zero-order valence-electron chi connectivity index (χ0n) is 15.9. The molecule has 4 rings (SSSR count). The first-order valence-corrected chi connectivity index (χ1v) is 9.52. The fourth-order valence-corrected chi connectivity index (χ4v) is 3.45. The monoisotopic (exact) mass is 366 g/mol. The molecule has 0 unspecified atom stereocenters. The van der Waals surface area contributed by atoms with Crippen molar-refractivity contribution in [2.24, 2.45) is 0 Å². The third-order valence-electron chi connectivity index (χ3n) is 5.05. The smallest absolute Gasteiger partial charge is 0.222 e. The number of hydrogen-bond acceptors (Lipinski definition) is 6. The Labute approximate surface area is 159 Å². The standard InChI is InChI=1S/C20H26N6O/c1-15(19-5-4-16(2)27-19)6-9-25-10-11-26-18(14-25)12-17(24-26)13-23-20-21-7-3-8-22-20/h3-5,7-8,12,15H,6,9-11,13-14H2,1-2H3,(H,21,22,23)/t15-/m0/s1. The van der Waals surface area contributed by atoms with Crippen LogP contribution >= 0.6 is 0 Å². The molecule has 0 aliphatic carbocycles. The van der Waals surface area contributed by atoms with E-state index in [4.69, 9.17) is 9.52 Å². The van der Waals surface area contributed by atoms with Gasteiger partial charge >= 0.3 is 0 Å². The Morgan fingerprint density at radius 3 is 2.85 bits per heavy atom. The molecule has 1 aliphatic heterocycles. The molecular weight excluding hydrogens is 340 g/mol. The zero-order chi connectivity index (χ0) is 18.6. The second-order valence-electron chi connectivity index (χ2n) is 7.19. The Kier molecular flexibility index (Phi) is 5.20. The summed E-state index contributed by atoms with van der Waals surface area (Å²) in [5.74, 6) is 3.15. The molecule has 0 saturated carbocycles. The lowest BCUT2D eigenvalue weighted by Crippen LogP contribution is -2.34. The second-order valence-corrected chi connectivity index (χ2v) is 7.19. The highest BCUT2D eigenvalue weighted by atomic mass is 16.3. The average molecular weight is 366 g/mol. The summed E-state index contributed by atoms with van der Waals surface area (Å²) in [5.41, 5.74) is 2.30. The molecule has 0 aromatic carbocycles. The van der Waals surface area contributed by atoms with Gasteiger partial charge in [0.15, 0.2) is 0 Å². The van der Waals surface area contributed by atoms with Crippen molar-refractivity contribution >= 4 is 5.95 Å². The van der Waals surface area contributed by atoms with Crippen molar-refractivity contribution in [2.75, 3.05) is 18.4 Å². The van der Waals surface area contributed by atoms with Gasteiger partial charge in [0, 0.05) is 31.4 Å². The molecule has 1 aliphatic rings. The summed E-state index contributed by atoms with van der Waals surface area (Å²) in [7, 11) is 0. The SMILES string of the molecule is Cc1ccc([C@@H](C)CCN2CCn3nc(CNc4ncccn4)cc3C2)o1. The van der Waals surface area contributed by atoms with E-state index in [0.717, 1.165) is 49.8 Å². The molecule has 1 atom stereocenters. The highest BCUT2D eigenvalue weighted by molar-refractivity contribution is 5.24. The van der Waals surface area contributed by atoms with Crippen LogP contribution in [0.2, 0.25) is 0 Å². The van der Waals surface area contributed by atoms with Crippen LogP contribution in [0.15, 0.2) is 41.1 Å². The fraction of sp³-hybridized carbons (Fsp3) is 0.450. The molecule has 0 bridgehead atoms. The van der Waals surface area contributed by atoms with Gasteiger partial charge in [0.1, 0.15) is 11.5 Å². The van der Waals surface area contributed by atoms with E-state index in [-0.39, 0.29) is 0 Å². The van der Waals surface area contributed by atoms with Gasteiger partial charge in [-0.05, 0) is 44.2 Å². The van der Waals surface area contributed by atoms with Crippen molar-refractivity contribution in [1.82, 2.24) is 24.6 Å². The Bertz CT molecular complexity index is 872. The third kappa shape index (κ3) is 4.36. The molecule has 0 radical (unpaired) electrons. The Morgan fingerprint density at radius 2 is 2.07 bits per heavy atom. The number of rotatable bonds is 7. The summed E-state index contributed by atoms with van der Waals surface area (Å²) in [5, 5.41) is 7.92. The minimum absolute atomic E-state index is 0.441. The maximum Gasteiger partial charge on any atom is 0.222 e. The second kappa shape index (κ2) is 7.92. The molecule has 7 heteroatoms. The lowest BCUT2D eigenvalue weighted by molar-refractivity contribution is 0.204. The summed E-state index contributed by atoms with van der Waals surface area (Å²) >= 11 is 0. The number of anilines is 1. The Balaban J connectivity index is 1.30. The third-order valence-corrected chi connectivity index (χ3v) is 5.05. The first kappa shape index (κ1) is 17.7. The van der Waals surface area contributed by atoms with Crippen LogP contribution in [0, 0.1) is 6.92 Å². The lowest BCUT2D eigenvalue weighted by atomic mass is 10.0. The zero-order valence-corrected chi connectivity index (χ0v) is 15.9. The molecule has 142 valence electrons. The predicted octanol–water partition coefficient (Wildman–Crippen LogP) is 3.20. The number of furan rings is 1. The normalized spacial score (nSPS) is 15.5. The van der Waals surface area contributed by atoms with Crippen LogP contribution in [0.25, 0.3) is 0 Å². The maximum atomic E-state index is 5.76. The van der Waals surface area contributed by atoms with Gasteiger partial charge in [0.2, 0.25) is 5.95 Å².